The van der Waals surface area contributed by atoms with Gasteiger partial charge in [-0.2, -0.15) is 10.2 Å². The van der Waals surface area contributed by atoms with Crippen LogP contribution in [-0.4, -0.2) is 37.0 Å². The molecule has 2 rings (SSSR count). The molecule has 102 valence electrons. The first-order valence-electron chi connectivity index (χ1n) is 6.18. The molecule has 7 nitrogen and oxygen atoms in total. The Bertz CT molecular complexity index is 545. The van der Waals surface area contributed by atoms with Gasteiger partial charge in [0, 0.05) is 12.2 Å². The van der Waals surface area contributed by atoms with Crippen molar-refractivity contribution in [2.24, 2.45) is 0 Å². The number of aryl methyl sites for hydroxylation is 2. The third-order valence-electron chi connectivity index (χ3n) is 2.83. The minimum atomic E-state index is -0.0844. The molecule has 2 heterocycles. The maximum absolute atomic E-state index is 11.7. The van der Waals surface area contributed by atoms with E-state index in [-0.39, 0.29) is 18.5 Å². The lowest BCUT2D eigenvalue weighted by molar-refractivity contribution is -0.122. The van der Waals surface area contributed by atoms with Crippen LogP contribution in [0.3, 0.4) is 0 Å². The minimum Gasteiger partial charge on any atom is -0.352 e. The Kier molecular flexibility index (Phi) is 3.94. The fourth-order valence-electron chi connectivity index (χ4n) is 1.96. The van der Waals surface area contributed by atoms with Crippen molar-refractivity contribution in [1.82, 2.24) is 29.9 Å². The van der Waals surface area contributed by atoms with E-state index >= 15 is 0 Å². The van der Waals surface area contributed by atoms with Gasteiger partial charge in [-0.15, -0.1) is 0 Å². The zero-order valence-electron chi connectivity index (χ0n) is 11.4. The smallest absolute Gasteiger partial charge is 0.241 e. The van der Waals surface area contributed by atoms with E-state index in [4.69, 9.17) is 0 Å². The highest BCUT2D eigenvalue weighted by Crippen LogP contribution is 2.09. The Hall–Kier alpha value is -2.18. The highest BCUT2D eigenvalue weighted by Gasteiger charge is 2.11. The third kappa shape index (κ3) is 3.40. The first-order chi connectivity index (χ1) is 9.06. The highest BCUT2D eigenvalue weighted by atomic mass is 16.2. The van der Waals surface area contributed by atoms with Crippen LogP contribution in [0.25, 0.3) is 0 Å². The van der Waals surface area contributed by atoms with Crippen molar-refractivity contribution in [3.8, 4) is 0 Å². The number of carbonyl (C=O) groups excluding carboxylic acids is 1. The highest BCUT2D eigenvalue weighted by molar-refractivity contribution is 5.75. The fourth-order valence-corrected chi connectivity index (χ4v) is 1.96. The average molecular weight is 262 g/mol. The number of amides is 1. The number of nitrogens with zero attached hydrogens (tertiary/aromatic N) is 5. The summed E-state index contributed by atoms with van der Waals surface area (Å²) in [6.07, 6.45) is 2.93. The molecule has 0 aliphatic carbocycles. The summed E-state index contributed by atoms with van der Waals surface area (Å²) >= 11 is 0. The van der Waals surface area contributed by atoms with Gasteiger partial charge in [0.2, 0.25) is 5.91 Å². The molecule has 19 heavy (non-hydrogen) atoms. The molecule has 0 fully saturated rings. The third-order valence-corrected chi connectivity index (χ3v) is 2.83. The molecule has 0 spiro atoms. The summed E-state index contributed by atoms with van der Waals surface area (Å²) in [6.45, 7) is 6.71. The number of rotatable bonds is 5. The van der Waals surface area contributed by atoms with E-state index in [9.17, 15) is 4.79 Å². The van der Waals surface area contributed by atoms with E-state index in [1.54, 1.807) is 0 Å². The van der Waals surface area contributed by atoms with Crippen LogP contribution in [0.2, 0.25) is 0 Å². The van der Waals surface area contributed by atoms with Gasteiger partial charge in [0.05, 0.1) is 11.7 Å². The summed E-state index contributed by atoms with van der Waals surface area (Å²) in [5.41, 5.74) is 2.08. The summed E-state index contributed by atoms with van der Waals surface area (Å²) in [5.74, 6) is -0.0844. The van der Waals surface area contributed by atoms with Gasteiger partial charge in [-0.1, -0.05) is 0 Å². The molecular formula is C12H18N6O. The summed E-state index contributed by atoms with van der Waals surface area (Å²) in [5, 5.41) is 11.2. The number of carbonyl (C=O) groups is 1. The zero-order valence-corrected chi connectivity index (χ0v) is 11.4. The van der Waals surface area contributed by atoms with Gasteiger partial charge in [0.25, 0.3) is 0 Å². The first-order valence-corrected chi connectivity index (χ1v) is 6.18. The van der Waals surface area contributed by atoms with Crippen LogP contribution < -0.4 is 5.32 Å². The number of hydrogen-bond donors (Lipinski definition) is 1. The lowest BCUT2D eigenvalue weighted by Gasteiger charge is -2.15. The van der Waals surface area contributed by atoms with Gasteiger partial charge in [0.15, 0.2) is 0 Å². The van der Waals surface area contributed by atoms with Crippen molar-refractivity contribution in [2.45, 2.75) is 33.4 Å². The average Bonchev–Trinajstić information content (AvgIpc) is 2.96. The lowest BCUT2D eigenvalue weighted by Crippen LogP contribution is -2.33. The van der Waals surface area contributed by atoms with Crippen molar-refractivity contribution < 1.29 is 4.79 Å². The Balaban J connectivity index is 1.85. The lowest BCUT2D eigenvalue weighted by atomic mass is 10.3. The largest absolute Gasteiger partial charge is 0.352 e. The molecule has 2 aromatic rings. The Labute approximate surface area is 111 Å². The van der Waals surface area contributed by atoms with Crippen LogP contribution in [0.1, 0.15) is 24.4 Å². The normalized spacial score (nSPS) is 12.4. The molecule has 0 unspecified atom stereocenters. The van der Waals surface area contributed by atoms with Gasteiger partial charge in [-0.3, -0.25) is 9.48 Å². The Morgan fingerprint density at radius 1 is 1.47 bits per heavy atom. The Morgan fingerprint density at radius 2 is 2.26 bits per heavy atom. The minimum absolute atomic E-state index is 0.0844. The molecule has 1 atom stereocenters. The maximum Gasteiger partial charge on any atom is 0.241 e. The van der Waals surface area contributed by atoms with Gasteiger partial charge < -0.3 is 5.32 Å². The number of hydrogen-bond acceptors (Lipinski definition) is 4. The molecule has 0 saturated heterocycles. The van der Waals surface area contributed by atoms with Crippen LogP contribution in [0.15, 0.2) is 18.7 Å². The molecule has 1 amide bonds. The SMILES string of the molecule is Cc1cc(C)n([C@H](C)CNC(=O)Cn2cncn2)n1. The maximum atomic E-state index is 11.7. The summed E-state index contributed by atoms with van der Waals surface area (Å²) < 4.78 is 3.41. The quantitative estimate of drug-likeness (QED) is 0.849. The second-order valence-electron chi connectivity index (χ2n) is 4.62. The first kappa shape index (κ1) is 13.3. The molecule has 0 radical (unpaired) electrons. The zero-order chi connectivity index (χ0) is 13.8. The molecule has 0 aliphatic rings. The van der Waals surface area contributed by atoms with Crippen molar-refractivity contribution >= 4 is 5.91 Å². The van der Waals surface area contributed by atoms with Gasteiger partial charge in [-0.25, -0.2) is 9.67 Å². The standard InChI is InChI=1S/C12H18N6O/c1-9-4-10(2)18(16-9)11(3)5-14-12(19)6-17-8-13-7-15-17/h4,7-8,11H,5-6H2,1-3H3,(H,14,19)/t11-/m1/s1. The van der Waals surface area contributed by atoms with E-state index in [0.29, 0.717) is 6.54 Å². The van der Waals surface area contributed by atoms with Crippen molar-refractivity contribution in [1.29, 1.82) is 0 Å². The van der Waals surface area contributed by atoms with E-state index in [1.165, 1.54) is 17.3 Å². The van der Waals surface area contributed by atoms with Crippen LogP contribution >= 0.6 is 0 Å². The van der Waals surface area contributed by atoms with Crippen molar-refractivity contribution in [3.63, 3.8) is 0 Å². The number of aromatic nitrogens is 5. The second kappa shape index (κ2) is 5.64. The van der Waals surface area contributed by atoms with Crippen LogP contribution in [-0.2, 0) is 11.3 Å². The van der Waals surface area contributed by atoms with Gasteiger partial charge in [0.1, 0.15) is 19.2 Å². The van der Waals surface area contributed by atoms with Gasteiger partial charge >= 0.3 is 0 Å². The predicted octanol–water partition coefficient (Wildman–Crippen LogP) is 0.469. The van der Waals surface area contributed by atoms with E-state index in [2.05, 4.69) is 20.5 Å². The molecular weight excluding hydrogens is 244 g/mol. The van der Waals surface area contributed by atoms with Crippen LogP contribution in [0.5, 0.6) is 0 Å². The molecule has 0 bridgehead atoms. The summed E-state index contributed by atoms with van der Waals surface area (Å²) in [7, 11) is 0. The van der Waals surface area contributed by atoms with E-state index in [1.807, 2.05) is 31.5 Å². The molecule has 2 aromatic heterocycles. The van der Waals surface area contributed by atoms with Gasteiger partial charge in [-0.05, 0) is 26.8 Å². The summed E-state index contributed by atoms with van der Waals surface area (Å²) in [6, 6.07) is 2.14. The topological polar surface area (TPSA) is 77.6 Å². The van der Waals surface area contributed by atoms with Crippen LogP contribution in [0.4, 0.5) is 0 Å². The Morgan fingerprint density at radius 3 is 2.84 bits per heavy atom. The molecule has 1 N–H and O–H groups in total. The molecule has 7 heteroatoms. The molecule has 0 aromatic carbocycles. The van der Waals surface area contributed by atoms with Crippen molar-refractivity contribution in [2.75, 3.05) is 6.54 Å². The summed E-state index contributed by atoms with van der Waals surface area (Å²) in [4.78, 5) is 15.5. The molecule has 0 saturated carbocycles. The molecule has 0 aliphatic heterocycles. The van der Waals surface area contributed by atoms with E-state index in [0.717, 1.165) is 11.4 Å². The predicted molar refractivity (Wildman–Crippen MR) is 69.4 cm³/mol. The number of nitrogens with one attached hydrogen (secondary N) is 1. The van der Waals surface area contributed by atoms with Crippen LogP contribution in [0, 0.1) is 13.8 Å². The monoisotopic (exact) mass is 262 g/mol. The second-order valence-corrected chi connectivity index (χ2v) is 4.62. The van der Waals surface area contributed by atoms with Crippen molar-refractivity contribution in [3.05, 3.63) is 30.1 Å². The fraction of sp³-hybridized carbons (Fsp3) is 0.500. The van der Waals surface area contributed by atoms with E-state index < -0.39 is 0 Å².